The Morgan fingerprint density at radius 1 is 0.857 bits per heavy atom. The molecular weight excluding hydrogens is 528 g/mol. The van der Waals surface area contributed by atoms with Gasteiger partial charge in [0, 0.05) is 30.0 Å². The fourth-order valence-electron chi connectivity index (χ4n) is 5.72. The number of phenolic OH excluding ortho intramolecular Hbond substituents is 1. The first-order valence-corrected chi connectivity index (χ1v) is 13.6. The molecule has 206 valence electrons. The third kappa shape index (κ3) is 4.05. The standard InChI is InChI=1S/C33H26N6O3/c1-20-34-39(33(42)37(20)36-32-26-11-5-3-9-24(26)25-10-4-6-12-27(25)32)23-17-15-22(16-18-23)29-19-30(38(35-29)21(2)40)28-13-7-8-14-31(28)41/h3-18,30,41H,19H2,1-2H3. The van der Waals surface area contributed by atoms with E-state index >= 15 is 0 Å². The molecule has 0 fully saturated rings. The number of hydrogen-bond donors (Lipinski definition) is 1. The van der Waals surface area contributed by atoms with E-state index in [0.717, 1.165) is 33.5 Å². The largest absolute Gasteiger partial charge is 0.508 e. The van der Waals surface area contributed by atoms with Crippen LogP contribution in [0.2, 0.25) is 0 Å². The Kier molecular flexibility index (Phi) is 5.93. The lowest BCUT2D eigenvalue weighted by Crippen LogP contribution is -2.24. The molecule has 4 aromatic carbocycles. The van der Waals surface area contributed by atoms with Gasteiger partial charge in [-0.05, 0) is 41.8 Å². The smallest absolute Gasteiger partial charge is 0.371 e. The van der Waals surface area contributed by atoms with Crippen molar-refractivity contribution in [3.63, 3.8) is 0 Å². The molecule has 9 heteroatoms. The second kappa shape index (κ2) is 9.81. The minimum atomic E-state index is -0.399. The van der Waals surface area contributed by atoms with Crippen LogP contribution in [-0.4, -0.2) is 41.9 Å². The number of hydrogen-bond acceptors (Lipinski definition) is 6. The van der Waals surface area contributed by atoms with Crippen molar-refractivity contribution in [1.82, 2.24) is 19.5 Å². The number of carbonyl (C=O) groups is 1. The van der Waals surface area contributed by atoms with Crippen LogP contribution in [0.5, 0.6) is 5.75 Å². The van der Waals surface area contributed by atoms with Crippen molar-refractivity contribution in [3.05, 3.63) is 136 Å². The number of aryl methyl sites for hydroxylation is 1. The van der Waals surface area contributed by atoms with E-state index in [2.05, 4.69) is 22.3 Å². The maximum atomic E-state index is 13.6. The van der Waals surface area contributed by atoms with Crippen LogP contribution in [0.4, 0.5) is 0 Å². The molecule has 0 saturated carbocycles. The van der Waals surface area contributed by atoms with Crippen molar-refractivity contribution in [1.29, 1.82) is 0 Å². The lowest BCUT2D eigenvalue weighted by molar-refractivity contribution is -0.130. The monoisotopic (exact) mass is 554 g/mol. The number of rotatable bonds is 4. The molecular formula is C33H26N6O3. The van der Waals surface area contributed by atoms with E-state index < -0.39 is 6.04 Å². The maximum absolute atomic E-state index is 13.6. The van der Waals surface area contributed by atoms with E-state index in [4.69, 9.17) is 5.10 Å². The predicted octanol–water partition coefficient (Wildman–Crippen LogP) is 5.03. The van der Waals surface area contributed by atoms with E-state index in [1.54, 1.807) is 37.3 Å². The van der Waals surface area contributed by atoms with E-state index in [1.807, 2.05) is 54.6 Å². The molecule has 1 amide bonds. The highest BCUT2D eigenvalue weighted by molar-refractivity contribution is 6.24. The third-order valence-electron chi connectivity index (χ3n) is 7.74. The molecule has 42 heavy (non-hydrogen) atoms. The van der Waals surface area contributed by atoms with Crippen molar-refractivity contribution < 1.29 is 9.90 Å². The molecule has 0 bridgehead atoms. The van der Waals surface area contributed by atoms with Gasteiger partial charge in [0.1, 0.15) is 5.75 Å². The van der Waals surface area contributed by atoms with Gasteiger partial charge in [-0.25, -0.2) is 9.80 Å². The highest BCUT2D eigenvalue weighted by Gasteiger charge is 2.33. The lowest BCUT2D eigenvalue weighted by Gasteiger charge is -2.21. The number of nitrogens with zero attached hydrogens (tertiary/aromatic N) is 6. The van der Waals surface area contributed by atoms with Gasteiger partial charge in [0.25, 0.3) is 0 Å². The van der Waals surface area contributed by atoms with Crippen LogP contribution in [0.1, 0.15) is 47.5 Å². The van der Waals surface area contributed by atoms with Crippen LogP contribution in [-0.2, 0) is 4.79 Å². The van der Waals surface area contributed by atoms with Crippen LogP contribution >= 0.6 is 0 Å². The first-order chi connectivity index (χ1) is 20.4. The van der Waals surface area contributed by atoms with Crippen LogP contribution in [0.15, 0.2) is 112 Å². The van der Waals surface area contributed by atoms with E-state index in [-0.39, 0.29) is 17.3 Å². The van der Waals surface area contributed by atoms with Gasteiger partial charge in [-0.1, -0.05) is 78.9 Å². The summed E-state index contributed by atoms with van der Waals surface area (Å²) in [6.07, 6.45) is 0.449. The van der Waals surface area contributed by atoms with Gasteiger partial charge in [0.05, 0.1) is 23.2 Å². The number of fused-ring (bicyclic) bond motifs is 3. The predicted molar refractivity (Wildman–Crippen MR) is 160 cm³/mol. The Morgan fingerprint density at radius 2 is 1.45 bits per heavy atom. The molecule has 2 aliphatic rings. The summed E-state index contributed by atoms with van der Waals surface area (Å²) in [5.74, 6) is 0.372. The molecule has 1 atom stereocenters. The Balaban J connectivity index is 1.21. The Labute approximate surface area is 241 Å². The number of para-hydroxylation sites is 1. The Bertz CT molecular complexity index is 1950. The van der Waals surface area contributed by atoms with Gasteiger partial charge in [-0.15, -0.1) is 5.10 Å². The highest BCUT2D eigenvalue weighted by atomic mass is 16.3. The van der Waals surface area contributed by atoms with Crippen molar-refractivity contribution in [3.8, 4) is 22.6 Å². The zero-order chi connectivity index (χ0) is 29.0. The molecule has 0 spiro atoms. The molecule has 1 N–H and O–H groups in total. The summed E-state index contributed by atoms with van der Waals surface area (Å²) < 4.78 is 2.67. The van der Waals surface area contributed by atoms with Crippen LogP contribution in [0.3, 0.4) is 0 Å². The summed E-state index contributed by atoms with van der Waals surface area (Å²) in [5, 5.41) is 25.7. The average molecular weight is 555 g/mol. The molecule has 1 aliphatic carbocycles. The maximum Gasteiger partial charge on any atom is 0.371 e. The molecule has 1 aromatic heterocycles. The van der Waals surface area contributed by atoms with Gasteiger partial charge < -0.3 is 5.11 Å². The molecule has 1 aliphatic heterocycles. The van der Waals surface area contributed by atoms with Crippen molar-refractivity contribution in [2.24, 2.45) is 10.2 Å². The van der Waals surface area contributed by atoms with Crippen molar-refractivity contribution in [2.75, 3.05) is 0 Å². The minimum absolute atomic E-state index is 0.124. The van der Waals surface area contributed by atoms with Gasteiger partial charge in [0.15, 0.2) is 5.82 Å². The van der Waals surface area contributed by atoms with Crippen molar-refractivity contribution in [2.45, 2.75) is 26.3 Å². The number of phenols is 1. The number of aromatic hydroxyl groups is 1. The third-order valence-corrected chi connectivity index (χ3v) is 7.74. The minimum Gasteiger partial charge on any atom is -0.508 e. The molecule has 5 aromatic rings. The van der Waals surface area contributed by atoms with Gasteiger partial charge in [0.2, 0.25) is 5.91 Å². The number of benzene rings is 4. The second-order valence-corrected chi connectivity index (χ2v) is 10.3. The van der Waals surface area contributed by atoms with Crippen molar-refractivity contribution >= 4 is 17.3 Å². The summed E-state index contributed by atoms with van der Waals surface area (Å²) in [7, 11) is 0. The van der Waals surface area contributed by atoms with Crippen LogP contribution in [0, 0.1) is 6.92 Å². The summed E-state index contributed by atoms with van der Waals surface area (Å²) in [5.41, 5.74) is 7.22. The number of amides is 1. The van der Waals surface area contributed by atoms with Crippen LogP contribution in [0.25, 0.3) is 16.8 Å². The topological polar surface area (TPSA) is 105 Å². The highest BCUT2D eigenvalue weighted by Crippen LogP contribution is 2.38. The Morgan fingerprint density at radius 3 is 2.07 bits per heavy atom. The number of hydrazone groups is 1. The normalized spacial score (nSPS) is 15.4. The molecule has 7 rings (SSSR count). The summed E-state index contributed by atoms with van der Waals surface area (Å²) in [4.78, 5) is 25.9. The second-order valence-electron chi connectivity index (χ2n) is 10.3. The first kappa shape index (κ1) is 25.4. The molecule has 0 saturated heterocycles. The van der Waals surface area contributed by atoms with E-state index in [9.17, 15) is 14.7 Å². The fourth-order valence-corrected chi connectivity index (χ4v) is 5.72. The SMILES string of the molecule is CC(=O)N1N=C(c2ccc(-n3nc(C)n(N=C4c5ccccc5-c5ccccc54)c3=O)cc2)CC1c1ccccc1O. The van der Waals surface area contributed by atoms with Gasteiger partial charge >= 0.3 is 5.69 Å². The van der Waals surface area contributed by atoms with E-state index in [1.165, 1.54) is 21.3 Å². The summed E-state index contributed by atoms with van der Waals surface area (Å²) in [6, 6.07) is 30.0. The fraction of sp³-hybridized carbons (Fsp3) is 0.121. The Hall–Kier alpha value is -5.57. The first-order valence-electron chi connectivity index (χ1n) is 13.6. The average Bonchev–Trinajstić information content (AvgIpc) is 3.67. The van der Waals surface area contributed by atoms with Gasteiger partial charge in [-0.2, -0.15) is 19.6 Å². The lowest BCUT2D eigenvalue weighted by atomic mass is 9.97. The number of carbonyl (C=O) groups excluding carboxylic acids is 1. The van der Waals surface area contributed by atoms with Crippen LogP contribution < -0.4 is 5.69 Å². The summed E-state index contributed by atoms with van der Waals surface area (Å²) in [6.45, 7) is 3.21. The zero-order valence-corrected chi connectivity index (χ0v) is 23.0. The molecule has 1 unspecified atom stereocenters. The summed E-state index contributed by atoms with van der Waals surface area (Å²) >= 11 is 0. The number of aromatic nitrogens is 3. The van der Waals surface area contributed by atoms with Gasteiger partial charge in [-0.3, -0.25) is 4.79 Å². The molecule has 2 heterocycles. The molecule has 0 radical (unpaired) electrons. The molecule has 9 nitrogen and oxygen atoms in total. The van der Waals surface area contributed by atoms with E-state index in [0.29, 0.717) is 29.2 Å². The quantitative estimate of drug-likeness (QED) is 0.330. The zero-order valence-electron chi connectivity index (χ0n) is 23.0.